The number of anilines is 1. The van der Waals surface area contributed by atoms with Crippen molar-refractivity contribution in [2.24, 2.45) is 0 Å². The first kappa shape index (κ1) is 23.7. The first-order valence-corrected chi connectivity index (χ1v) is 10.4. The van der Waals surface area contributed by atoms with E-state index in [0.717, 1.165) is 24.0 Å². The van der Waals surface area contributed by atoms with Gasteiger partial charge in [0.1, 0.15) is 5.75 Å². The molecule has 7 nitrogen and oxygen atoms in total. The van der Waals surface area contributed by atoms with Crippen LogP contribution in [0, 0.1) is 11.3 Å². The zero-order valence-corrected chi connectivity index (χ0v) is 18.1. The summed E-state index contributed by atoms with van der Waals surface area (Å²) in [5.74, 6) is -1.20. The molecule has 1 atom stereocenters. The maximum atomic E-state index is 12.2. The average molecular weight is 424 g/mol. The zero-order chi connectivity index (χ0) is 22.8. The van der Waals surface area contributed by atoms with Crippen LogP contribution in [0.2, 0.25) is 0 Å². The number of carboxylic acid groups (broad SMARTS) is 1. The van der Waals surface area contributed by atoms with Gasteiger partial charge in [0.2, 0.25) is 0 Å². The summed E-state index contributed by atoms with van der Waals surface area (Å²) in [6, 6.07) is 11.3. The second-order valence-electron chi connectivity index (χ2n) is 6.98. The minimum absolute atomic E-state index is 0.240. The third kappa shape index (κ3) is 6.48. The number of carbonyl (C=O) groups is 2. The van der Waals surface area contributed by atoms with Gasteiger partial charge in [-0.15, -0.1) is 0 Å². The quantitative estimate of drug-likeness (QED) is 0.519. The fourth-order valence-corrected chi connectivity index (χ4v) is 3.25. The third-order valence-corrected chi connectivity index (χ3v) is 4.70. The molecule has 0 aliphatic heterocycles. The van der Waals surface area contributed by atoms with E-state index in [-0.39, 0.29) is 13.2 Å². The predicted octanol–water partition coefficient (Wildman–Crippen LogP) is 4.25. The van der Waals surface area contributed by atoms with Gasteiger partial charge in [-0.25, -0.2) is 9.59 Å². The molecule has 0 spiro atoms. The molecular weight excluding hydrogens is 396 g/mol. The lowest BCUT2D eigenvalue weighted by Gasteiger charge is -2.23. The van der Waals surface area contributed by atoms with Crippen LogP contribution in [0.25, 0.3) is 0 Å². The topological polar surface area (TPSA) is 109 Å². The molecule has 7 heteroatoms. The monoisotopic (exact) mass is 424 g/mol. The van der Waals surface area contributed by atoms with Gasteiger partial charge in [-0.05, 0) is 61.2 Å². The van der Waals surface area contributed by atoms with Gasteiger partial charge >= 0.3 is 11.9 Å². The van der Waals surface area contributed by atoms with Gasteiger partial charge in [-0.3, -0.25) is 0 Å². The van der Waals surface area contributed by atoms with E-state index in [1.54, 1.807) is 37.3 Å². The van der Waals surface area contributed by atoms with E-state index >= 15 is 0 Å². The van der Waals surface area contributed by atoms with Crippen molar-refractivity contribution < 1.29 is 24.2 Å². The number of hydrogen-bond donors (Lipinski definition) is 2. The first-order chi connectivity index (χ1) is 14.9. The summed E-state index contributed by atoms with van der Waals surface area (Å²) in [7, 11) is 0. The maximum Gasteiger partial charge on any atom is 0.344 e. The number of nitrogens with one attached hydrogen (secondary N) is 1. The Kier molecular flexibility index (Phi) is 8.89. The molecule has 31 heavy (non-hydrogen) atoms. The average Bonchev–Trinajstić information content (AvgIpc) is 2.76. The van der Waals surface area contributed by atoms with Crippen LogP contribution in [0.3, 0.4) is 0 Å². The van der Waals surface area contributed by atoms with Crippen molar-refractivity contribution in [1.82, 2.24) is 0 Å². The first-order valence-electron chi connectivity index (χ1n) is 10.4. The highest BCUT2D eigenvalue weighted by Crippen LogP contribution is 2.34. The number of aliphatic carboxylic acids is 1. The van der Waals surface area contributed by atoms with Crippen molar-refractivity contribution in [2.75, 3.05) is 18.5 Å². The van der Waals surface area contributed by atoms with E-state index in [2.05, 4.69) is 5.32 Å². The van der Waals surface area contributed by atoms with E-state index in [4.69, 9.17) is 14.7 Å². The Balaban J connectivity index is 2.50. The molecule has 0 saturated heterocycles. The van der Waals surface area contributed by atoms with Crippen molar-refractivity contribution in [3.63, 3.8) is 0 Å². The molecule has 164 valence electrons. The zero-order valence-electron chi connectivity index (χ0n) is 18.1. The van der Waals surface area contributed by atoms with Gasteiger partial charge in [0, 0.05) is 11.3 Å². The van der Waals surface area contributed by atoms with Gasteiger partial charge < -0.3 is 19.9 Å². The van der Waals surface area contributed by atoms with Gasteiger partial charge in [0.15, 0.2) is 12.6 Å². The number of carboxylic acids is 1. The lowest BCUT2D eigenvalue weighted by Crippen LogP contribution is -2.23. The molecule has 0 aliphatic rings. The number of aryl methyl sites for hydroxylation is 2. The van der Waals surface area contributed by atoms with Crippen LogP contribution >= 0.6 is 0 Å². The highest BCUT2D eigenvalue weighted by Gasteiger charge is 2.26. The van der Waals surface area contributed by atoms with Crippen LogP contribution in [0.4, 0.5) is 5.69 Å². The molecule has 2 aromatic rings. The molecule has 0 radical (unpaired) electrons. The van der Waals surface area contributed by atoms with E-state index in [1.165, 1.54) is 0 Å². The highest BCUT2D eigenvalue weighted by molar-refractivity contribution is 5.81. The summed E-state index contributed by atoms with van der Waals surface area (Å²) < 4.78 is 10.8. The lowest BCUT2D eigenvalue weighted by molar-refractivity contribution is -0.145. The van der Waals surface area contributed by atoms with Crippen molar-refractivity contribution in [1.29, 1.82) is 5.26 Å². The van der Waals surface area contributed by atoms with Crippen molar-refractivity contribution in [3.05, 3.63) is 58.7 Å². The van der Waals surface area contributed by atoms with E-state index in [0.29, 0.717) is 29.0 Å². The second kappa shape index (κ2) is 11.6. The summed E-state index contributed by atoms with van der Waals surface area (Å²) in [5, 5.41) is 22.0. The number of hydrogen-bond acceptors (Lipinski definition) is 6. The largest absolute Gasteiger partial charge is 0.481 e. The summed E-state index contributed by atoms with van der Waals surface area (Å²) in [6.07, 6.45) is 2.25. The number of benzene rings is 2. The molecule has 2 aromatic carbocycles. The van der Waals surface area contributed by atoms with Gasteiger partial charge in [0.05, 0.1) is 18.2 Å². The molecule has 0 amide bonds. The Labute approximate surface area is 182 Å². The molecule has 2 N–H and O–H groups in total. The molecule has 0 heterocycles. The summed E-state index contributed by atoms with van der Waals surface area (Å²) in [5.41, 5.74) is 3.32. The molecule has 0 aromatic heterocycles. The standard InChI is InChI=1S/C24H28N2O5/c1-4-7-18-12-16(5-2)13-20(23(18)31-15-21(27)30-6-3)22(24(28)29)26-19-10-8-17(14-25)9-11-19/h8-13,22,26H,4-7,15H2,1-3H3,(H,28,29). The molecule has 0 fully saturated rings. The number of ether oxygens (including phenoxy) is 2. The van der Waals surface area contributed by atoms with Crippen LogP contribution in [0.15, 0.2) is 36.4 Å². The number of nitriles is 1. The Morgan fingerprint density at radius 2 is 1.87 bits per heavy atom. The number of nitrogens with zero attached hydrogens (tertiary/aromatic N) is 1. The van der Waals surface area contributed by atoms with Crippen molar-refractivity contribution in [2.45, 2.75) is 46.1 Å². The van der Waals surface area contributed by atoms with Gasteiger partial charge in [-0.2, -0.15) is 5.26 Å². The Hall–Kier alpha value is -3.53. The third-order valence-electron chi connectivity index (χ3n) is 4.70. The van der Waals surface area contributed by atoms with Gasteiger partial charge in [0.25, 0.3) is 0 Å². The summed E-state index contributed by atoms with van der Waals surface area (Å²) >= 11 is 0. The van der Waals surface area contributed by atoms with E-state index in [1.807, 2.05) is 26.0 Å². The van der Waals surface area contributed by atoms with Crippen LogP contribution in [0.5, 0.6) is 5.75 Å². The molecule has 0 aliphatic carbocycles. The second-order valence-corrected chi connectivity index (χ2v) is 6.98. The minimum Gasteiger partial charge on any atom is -0.481 e. The minimum atomic E-state index is -1.10. The number of esters is 1. The van der Waals surface area contributed by atoms with Crippen LogP contribution in [-0.4, -0.2) is 30.3 Å². The smallest absolute Gasteiger partial charge is 0.344 e. The summed E-state index contributed by atoms with van der Waals surface area (Å²) in [4.78, 5) is 24.1. The van der Waals surface area contributed by atoms with E-state index < -0.39 is 18.0 Å². The number of rotatable bonds is 11. The highest BCUT2D eigenvalue weighted by atomic mass is 16.6. The Bertz CT molecular complexity index is 948. The molecule has 0 bridgehead atoms. The predicted molar refractivity (Wildman–Crippen MR) is 117 cm³/mol. The fourth-order valence-electron chi connectivity index (χ4n) is 3.25. The molecule has 2 rings (SSSR count). The molecule has 0 saturated carbocycles. The summed E-state index contributed by atoms with van der Waals surface area (Å²) in [6.45, 7) is 5.68. The van der Waals surface area contributed by atoms with Crippen LogP contribution in [0.1, 0.15) is 55.5 Å². The van der Waals surface area contributed by atoms with Crippen LogP contribution in [-0.2, 0) is 27.2 Å². The normalized spacial score (nSPS) is 11.3. The van der Waals surface area contributed by atoms with Gasteiger partial charge in [-0.1, -0.05) is 26.3 Å². The molecule has 1 unspecified atom stereocenters. The Morgan fingerprint density at radius 1 is 1.16 bits per heavy atom. The van der Waals surface area contributed by atoms with Crippen LogP contribution < -0.4 is 10.1 Å². The van der Waals surface area contributed by atoms with E-state index in [9.17, 15) is 14.7 Å². The lowest BCUT2D eigenvalue weighted by atomic mass is 9.95. The van der Waals surface area contributed by atoms with Crippen molar-refractivity contribution in [3.8, 4) is 11.8 Å². The fraction of sp³-hybridized carbons (Fsp3) is 0.375. The number of carbonyl (C=O) groups excluding carboxylic acids is 1. The maximum absolute atomic E-state index is 12.2. The SMILES string of the molecule is CCCc1cc(CC)cc(C(Nc2ccc(C#N)cc2)C(=O)O)c1OCC(=O)OCC. The van der Waals surface area contributed by atoms with Crippen molar-refractivity contribution >= 4 is 17.6 Å². The molecular formula is C24H28N2O5. The Morgan fingerprint density at radius 3 is 2.42 bits per heavy atom.